The van der Waals surface area contributed by atoms with Crippen LogP contribution in [0.25, 0.3) is 11.2 Å². The quantitative estimate of drug-likeness (QED) is 0.393. The predicted octanol–water partition coefficient (Wildman–Crippen LogP) is 4.88. The second kappa shape index (κ2) is 10.00. The van der Waals surface area contributed by atoms with Crippen molar-refractivity contribution < 1.29 is 14.6 Å². The first-order valence-corrected chi connectivity index (χ1v) is 12.1. The highest BCUT2D eigenvalue weighted by molar-refractivity contribution is 6.30. The summed E-state index contributed by atoms with van der Waals surface area (Å²) in [5.41, 5.74) is 2.46. The lowest BCUT2D eigenvalue weighted by molar-refractivity contribution is 0.0691. The van der Waals surface area contributed by atoms with Crippen molar-refractivity contribution in [1.82, 2.24) is 24.5 Å². The van der Waals surface area contributed by atoms with Crippen LogP contribution in [0.15, 0.2) is 48.7 Å². The van der Waals surface area contributed by atoms with Crippen LogP contribution < -0.4 is 4.74 Å². The number of carboxylic acids is 1. The molecule has 1 fully saturated rings. The Balaban J connectivity index is 1.17. The van der Waals surface area contributed by atoms with E-state index in [1.807, 2.05) is 41.9 Å². The van der Waals surface area contributed by atoms with Gasteiger partial charge in [-0.25, -0.2) is 19.7 Å². The Morgan fingerprint density at radius 1 is 1.06 bits per heavy atom. The smallest absolute Gasteiger partial charge is 0.354 e. The summed E-state index contributed by atoms with van der Waals surface area (Å²) in [6.45, 7) is 0. The van der Waals surface area contributed by atoms with E-state index in [2.05, 4.69) is 15.0 Å². The van der Waals surface area contributed by atoms with Crippen LogP contribution in [0.3, 0.4) is 0 Å². The van der Waals surface area contributed by atoms with E-state index in [-0.39, 0.29) is 11.8 Å². The van der Waals surface area contributed by atoms with E-state index in [0.717, 1.165) is 54.8 Å². The molecule has 1 N–H and O–H groups in total. The fraction of sp³-hybridized carbons (Fsp3) is 0.346. The van der Waals surface area contributed by atoms with Crippen molar-refractivity contribution in [3.05, 3.63) is 76.6 Å². The van der Waals surface area contributed by atoms with Crippen molar-refractivity contribution in [2.24, 2.45) is 13.0 Å². The number of pyridine rings is 1. The molecule has 3 aromatic heterocycles. The van der Waals surface area contributed by atoms with E-state index in [1.165, 1.54) is 6.07 Å². The molecule has 0 spiro atoms. The van der Waals surface area contributed by atoms with E-state index in [9.17, 15) is 9.90 Å². The van der Waals surface area contributed by atoms with Crippen LogP contribution in [0.4, 0.5) is 0 Å². The normalized spacial score (nSPS) is 18.0. The minimum absolute atomic E-state index is 0.0331. The maximum absolute atomic E-state index is 11.2. The first-order chi connectivity index (χ1) is 16.9. The maximum Gasteiger partial charge on any atom is 0.354 e. The summed E-state index contributed by atoms with van der Waals surface area (Å²) in [5.74, 6) is 1.73. The molecule has 35 heavy (non-hydrogen) atoms. The topological polar surface area (TPSA) is 103 Å². The number of fused-ring (bicyclic) bond motifs is 1. The Kier molecular flexibility index (Phi) is 6.63. The molecular formula is C26H26ClN5O3. The molecule has 0 amide bonds. The van der Waals surface area contributed by atoms with E-state index in [1.54, 1.807) is 12.3 Å². The fourth-order valence-corrected chi connectivity index (χ4v) is 4.74. The van der Waals surface area contributed by atoms with Crippen LogP contribution >= 0.6 is 11.6 Å². The number of halogens is 1. The average Bonchev–Trinajstić information content (AvgIpc) is 3.16. The first-order valence-electron chi connectivity index (χ1n) is 11.7. The molecule has 0 bridgehead atoms. The van der Waals surface area contributed by atoms with Gasteiger partial charge in [0.15, 0.2) is 11.3 Å². The van der Waals surface area contributed by atoms with Gasteiger partial charge in [0.2, 0.25) is 5.88 Å². The molecule has 5 rings (SSSR count). The monoisotopic (exact) mass is 491 g/mol. The van der Waals surface area contributed by atoms with E-state index >= 15 is 0 Å². The van der Waals surface area contributed by atoms with Gasteiger partial charge in [0.1, 0.15) is 23.3 Å². The molecule has 1 aliphatic carbocycles. The molecule has 3 heterocycles. The van der Waals surface area contributed by atoms with Gasteiger partial charge < -0.3 is 14.4 Å². The van der Waals surface area contributed by atoms with Crippen LogP contribution in [0, 0.1) is 5.92 Å². The number of benzene rings is 1. The SMILES string of the molecule is Cn1c(CC2CCC(Oc3ccnc(Cc4ccc(Cl)cc4)n3)CC2)nc2ccc(C(=O)O)nc21. The zero-order valence-electron chi connectivity index (χ0n) is 19.4. The highest BCUT2D eigenvalue weighted by Gasteiger charge is 2.25. The Morgan fingerprint density at radius 2 is 1.83 bits per heavy atom. The lowest BCUT2D eigenvalue weighted by Crippen LogP contribution is -2.26. The summed E-state index contributed by atoms with van der Waals surface area (Å²) >= 11 is 5.97. The molecule has 1 aliphatic rings. The second-order valence-electron chi connectivity index (χ2n) is 9.01. The minimum Gasteiger partial charge on any atom is -0.477 e. The molecule has 0 unspecified atom stereocenters. The predicted molar refractivity (Wildman–Crippen MR) is 132 cm³/mol. The first kappa shape index (κ1) is 23.2. The number of ether oxygens (including phenoxy) is 1. The highest BCUT2D eigenvalue weighted by Crippen LogP contribution is 2.30. The molecular weight excluding hydrogens is 466 g/mol. The lowest BCUT2D eigenvalue weighted by Gasteiger charge is -2.28. The summed E-state index contributed by atoms with van der Waals surface area (Å²) in [6, 6.07) is 12.7. The van der Waals surface area contributed by atoms with Gasteiger partial charge in [-0.05, 0) is 61.4 Å². The second-order valence-corrected chi connectivity index (χ2v) is 9.45. The van der Waals surface area contributed by atoms with E-state index in [0.29, 0.717) is 28.9 Å². The number of carbonyl (C=O) groups is 1. The molecule has 0 saturated heterocycles. The molecule has 1 aromatic carbocycles. The molecule has 1 saturated carbocycles. The number of aromatic carboxylic acids is 1. The zero-order valence-corrected chi connectivity index (χ0v) is 20.1. The van der Waals surface area contributed by atoms with Crippen molar-refractivity contribution in [3.8, 4) is 5.88 Å². The summed E-state index contributed by atoms with van der Waals surface area (Å²) in [6.07, 6.45) is 7.30. The van der Waals surface area contributed by atoms with Gasteiger partial charge in [-0.3, -0.25) is 0 Å². The Morgan fingerprint density at radius 3 is 2.57 bits per heavy atom. The molecule has 180 valence electrons. The van der Waals surface area contributed by atoms with Gasteiger partial charge in [0.05, 0.1) is 0 Å². The summed E-state index contributed by atoms with van der Waals surface area (Å²) in [7, 11) is 1.90. The summed E-state index contributed by atoms with van der Waals surface area (Å²) in [4.78, 5) is 29.2. The average molecular weight is 492 g/mol. The lowest BCUT2D eigenvalue weighted by atomic mass is 9.85. The number of hydrogen-bond acceptors (Lipinski definition) is 6. The third-order valence-corrected chi connectivity index (χ3v) is 6.79. The van der Waals surface area contributed by atoms with Gasteiger partial charge in [0.25, 0.3) is 0 Å². The van der Waals surface area contributed by atoms with E-state index < -0.39 is 5.97 Å². The van der Waals surface area contributed by atoms with Crippen molar-refractivity contribution in [3.63, 3.8) is 0 Å². The molecule has 0 aliphatic heterocycles. The van der Waals surface area contributed by atoms with Crippen molar-refractivity contribution in [1.29, 1.82) is 0 Å². The Bertz CT molecular complexity index is 1350. The van der Waals surface area contributed by atoms with Crippen molar-refractivity contribution in [2.75, 3.05) is 0 Å². The molecule has 9 heteroatoms. The van der Waals surface area contributed by atoms with Crippen LogP contribution in [-0.2, 0) is 19.9 Å². The van der Waals surface area contributed by atoms with Crippen LogP contribution in [0.1, 0.15) is 53.4 Å². The zero-order chi connectivity index (χ0) is 24.4. The van der Waals surface area contributed by atoms with Gasteiger partial charge >= 0.3 is 5.97 Å². The van der Waals surface area contributed by atoms with Gasteiger partial charge in [0, 0.05) is 37.2 Å². The standard InChI is InChI=1S/C26H26ClN5O3/c1-32-23(29-20-10-11-21(26(33)34)30-25(20)32)15-17-4-8-19(9-5-17)35-24-12-13-28-22(31-24)14-16-2-6-18(27)7-3-16/h2-3,6-7,10-13,17,19H,4-5,8-9,14-15H2,1H3,(H,33,34). The maximum atomic E-state index is 11.2. The molecule has 0 atom stereocenters. The number of aryl methyl sites for hydroxylation is 1. The number of nitrogens with zero attached hydrogens (tertiary/aromatic N) is 5. The highest BCUT2D eigenvalue weighted by atomic mass is 35.5. The van der Waals surface area contributed by atoms with Crippen molar-refractivity contribution >= 4 is 28.7 Å². The number of imidazole rings is 1. The summed E-state index contributed by atoms with van der Waals surface area (Å²) < 4.78 is 8.11. The Hall–Kier alpha value is -3.52. The summed E-state index contributed by atoms with van der Waals surface area (Å²) in [5, 5.41) is 9.92. The van der Waals surface area contributed by atoms with Crippen molar-refractivity contribution in [2.45, 2.75) is 44.6 Å². The molecule has 8 nitrogen and oxygen atoms in total. The number of aromatic nitrogens is 5. The van der Waals surface area contributed by atoms with Gasteiger partial charge in [-0.1, -0.05) is 23.7 Å². The Labute approximate surface area is 208 Å². The van der Waals surface area contributed by atoms with Crippen LogP contribution in [0.5, 0.6) is 5.88 Å². The van der Waals surface area contributed by atoms with Crippen LogP contribution in [0.2, 0.25) is 5.02 Å². The number of rotatable bonds is 7. The number of hydrogen-bond donors (Lipinski definition) is 1. The minimum atomic E-state index is -1.03. The van der Waals surface area contributed by atoms with E-state index in [4.69, 9.17) is 21.3 Å². The van der Waals surface area contributed by atoms with Crippen LogP contribution in [-0.4, -0.2) is 41.7 Å². The van der Waals surface area contributed by atoms with Gasteiger partial charge in [-0.15, -0.1) is 0 Å². The largest absolute Gasteiger partial charge is 0.477 e. The molecule has 0 radical (unpaired) electrons. The number of carboxylic acid groups (broad SMARTS) is 1. The fourth-order valence-electron chi connectivity index (χ4n) is 4.61. The van der Waals surface area contributed by atoms with Gasteiger partial charge in [-0.2, -0.15) is 4.98 Å². The third kappa shape index (κ3) is 5.43. The molecule has 4 aromatic rings. The third-order valence-electron chi connectivity index (χ3n) is 6.54.